The minimum Gasteiger partial charge on any atom is -0.493 e. The molecule has 1 aromatic carbocycles. The van der Waals surface area contributed by atoms with Gasteiger partial charge in [-0.25, -0.2) is 0 Å². The summed E-state index contributed by atoms with van der Waals surface area (Å²) < 4.78 is 5.58. The van der Waals surface area contributed by atoms with Gasteiger partial charge in [0.25, 0.3) is 0 Å². The van der Waals surface area contributed by atoms with Crippen LogP contribution in [0.25, 0.3) is 0 Å². The van der Waals surface area contributed by atoms with Gasteiger partial charge in [-0.1, -0.05) is 12.1 Å². The summed E-state index contributed by atoms with van der Waals surface area (Å²) >= 11 is 1.80. The highest BCUT2D eigenvalue weighted by Crippen LogP contribution is 2.13. The van der Waals surface area contributed by atoms with E-state index in [1.165, 1.54) is 5.56 Å². The fraction of sp³-hybridized carbons (Fsp3) is 0.455. The monoisotopic (exact) mass is 211 g/mol. The lowest BCUT2D eigenvalue weighted by molar-refractivity contribution is 0.343. The molecule has 0 heterocycles. The molecular weight excluding hydrogens is 194 g/mol. The summed E-state index contributed by atoms with van der Waals surface area (Å²) in [4.78, 5) is 0. The Balaban J connectivity index is 2.46. The second-order valence-electron chi connectivity index (χ2n) is 3.02. The van der Waals surface area contributed by atoms with E-state index in [2.05, 4.69) is 23.7 Å². The molecule has 1 rings (SSSR count). The second-order valence-corrected chi connectivity index (χ2v) is 4.00. The van der Waals surface area contributed by atoms with Gasteiger partial charge in [-0.15, -0.1) is 0 Å². The van der Waals surface area contributed by atoms with Gasteiger partial charge in [-0.2, -0.15) is 11.8 Å². The highest BCUT2D eigenvalue weighted by molar-refractivity contribution is 7.98. The molecule has 0 spiro atoms. The summed E-state index contributed by atoms with van der Waals surface area (Å²) in [5.41, 5.74) is 1.26. The third-order valence-electron chi connectivity index (χ3n) is 1.84. The van der Waals surface area contributed by atoms with Gasteiger partial charge in [0, 0.05) is 12.3 Å². The van der Waals surface area contributed by atoms with E-state index >= 15 is 0 Å². The zero-order valence-electron chi connectivity index (χ0n) is 8.75. The average Bonchev–Trinajstić information content (AvgIpc) is 2.19. The van der Waals surface area contributed by atoms with Crippen molar-refractivity contribution in [3.63, 3.8) is 0 Å². The molecule has 1 N–H and O–H groups in total. The normalized spacial score (nSPS) is 10.1. The number of rotatable bonds is 6. The van der Waals surface area contributed by atoms with Crippen LogP contribution in [0, 0.1) is 0 Å². The molecule has 78 valence electrons. The van der Waals surface area contributed by atoms with Crippen molar-refractivity contribution in [2.24, 2.45) is 0 Å². The predicted octanol–water partition coefficient (Wildman–Crippen LogP) is 2.15. The van der Waals surface area contributed by atoms with E-state index in [0.717, 1.165) is 24.7 Å². The molecule has 0 aliphatic heterocycles. The molecule has 2 nitrogen and oxygen atoms in total. The van der Waals surface area contributed by atoms with Gasteiger partial charge in [-0.05, 0) is 31.0 Å². The van der Waals surface area contributed by atoms with Crippen LogP contribution in [-0.2, 0) is 6.54 Å². The average molecular weight is 211 g/mol. The van der Waals surface area contributed by atoms with Crippen LogP contribution < -0.4 is 10.1 Å². The van der Waals surface area contributed by atoms with E-state index in [4.69, 9.17) is 4.74 Å². The lowest BCUT2D eigenvalue weighted by Gasteiger charge is -2.06. The largest absolute Gasteiger partial charge is 0.493 e. The molecule has 0 atom stereocenters. The summed E-state index contributed by atoms with van der Waals surface area (Å²) in [6.45, 7) is 1.67. The molecule has 0 fully saturated rings. The Bertz CT molecular complexity index is 265. The van der Waals surface area contributed by atoms with Gasteiger partial charge in [0.2, 0.25) is 0 Å². The van der Waals surface area contributed by atoms with Crippen molar-refractivity contribution in [1.29, 1.82) is 0 Å². The highest BCUT2D eigenvalue weighted by atomic mass is 32.2. The van der Waals surface area contributed by atoms with E-state index in [9.17, 15) is 0 Å². The number of thioether (sulfide) groups is 1. The SMILES string of the molecule is CNCc1cccc(OCCSC)c1. The number of nitrogens with one attached hydrogen (secondary N) is 1. The molecule has 0 radical (unpaired) electrons. The molecule has 0 aliphatic rings. The maximum Gasteiger partial charge on any atom is 0.119 e. The van der Waals surface area contributed by atoms with E-state index in [0.29, 0.717) is 0 Å². The fourth-order valence-electron chi connectivity index (χ4n) is 1.19. The Morgan fingerprint density at radius 3 is 3.00 bits per heavy atom. The van der Waals surface area contributed by atoms with Gasteiger partial charge in [0.1, 0.15) is 5.75 Å². The van der Waals surface area contributed by atoms with Crippen molar-refractivity contribution in [3.8, 4) is 5.75 Å². The van der Waals surface area contributed by atoms with E-state index in [1.54, 1.807) is 11.8 Å². The smallest absolute Gasteiger partial charge is 0.119 e. The van der Waals surface area contributed by atoms with E-state index in [1.807, 2.05) is 19.2 Å². The van der Waals surface area contributed by atoms with Crippen LogP contribution in [-0.4, -0.2) is 25.7 Å². The minimum atomic E-state index is 0.782. The molecule has 3 heteroatoms. The van der Waals surface area contributed by atoms with Crippen molar-refractivity contribution < 1.29 is 4.74 Å². The molecule has 0 bridgehead atoms. The zero-order chi connectivity index (χ0) is 10.2. The van der Waals surface area contributed by atoms with Crippen molar-refractivity contribution >= 4 is 11.8 Å². The number of hydrogen-bond donors (Lipinski definition) is 1. The highest BCUT2D eigenvalue weighted by Gasteiger charge is 1.95. The quantitative estimate of drug-likeness (QED) is 0.729. The molecule has 0 saturated carbocycles. The Labute approximate surface area is 90.0 Å². The Hall–Kier alpha value is -0.670. The zero-order valence-corrected chi connectivity index (χ0v) is 9.56. The standard InChI is InChI=1S/C11H17NOS/c1-12-9-10-4-3-5-11(8-10)13-6-7-14-2/h3-5,8,12H,6-7,9H2,1-2H3. The van der Waals surface area contributed by atoms with Gasteiger partial charge in [0.15, 0.2) is 0 Å². The number of benzene rings is 1. The summed E-state index contributed by atoms with van der Waals surface area (Å²) in [6.07, 6.45) is 2.08. The van der Waals surface area contributed by atoms with Crippen molar-refractivity contribution in [3.05, 3.63) is 29.8 Å². The van der Waals surface area contributed by atoms with Crippen LogP contribution in [0.2, 0.25) is 0 Å². The maximum atomic E-state index is 5.58. The topological polar surface area (TPSA) is 21.3 Å². The minimum absolute atomic E-state index is 0.782. The van der Waals surface area contributed by atoms with Crippen molar-refractivity contribution in [1.82, 2.24) is 5.32 Å². The van der Waals surface area contributed by atoms with Gasteiger partial charge >= 0.3 is 0 Å². The van der Waals surface area contributed by atoms with Crippen LogP contribution in [0.1, 0.15) is 5.56 Å². The van der Waals surface area contributed by atoms with Crippen molar-refractivity contribution in [2.75, 3.05) is 25.7 Å². The number of hydrogen-bond acceptors (Lipinski definition) is 3. The molecule has 14 heavy (non-hydrogen) atoms. The lowest BCUT2D eigenvalue weighted by atomic mass is 10.2. The Morgan fingerprint density at radius 2 is 2.29 bits per heavy atom. The van der Waals surface area contributed by atoms with Crippen LogP contribution in [0.5, 0.6) is 5.75 Å². The summed E-state index contributed by atoms with van der Waals surface area (Å²) in [5, 5.41) is 3.12. The van der Waals surface area contributed by atoms with E-state index in [-0.39, 0.29) is 0 Å². The van der Waals surface area contributed by atoms with Crippen LogP contribution >= 0.6 is 11.8 Å². The first-order valence-electron chi connectivity index (χ1n) is 4.72. The third-order valence-corrected chi connectivity index (χ3v) is 2.41. The second kappa shape index (κ2) is 6.74. The summed E-state index contributed by atoms with van der Waals surface area (Å²) in [7, 11) is 1.95. The van der Waals surface area contributed by atoms with E-state index < -0.39 is 0 Å². The first kappa shape index (κ1) is 11.4. The third kappa shape index (κ3) is 4.03. The van der Waals surface area contributed by atoms with Gasteiger partial charge < -0.3 is 10.1 Å². The van der Waals surface area contributed by atoms with Crippen molar-refractivity contribution in [2.45, 2.75) is 6.54 Å². The Kier molecular flexibility index (Phi) is 5.49. The molecule has 0 amide bonds. The Morgan fingerprint density at radius 1 is 1.43 bits per heavy atom. The van der Waals surface area contributed by atoms with Gasteiger partial charge in [-0.3, -0.25) is 0 Å². The molecule has 0 saturated heterocycles. The van der Waals surface area contributed by atoms with Crippen LogP contribution in [0.15, 0.2) is 24.3 Å². The lowest BCUT2D eigenvalue weighted by Crippen LogP contribution is -2.05. The molecular formula is C11H17NOS. The van der Waals surface area contributed by atoms with Gasteiger partial charge in [0.05, 0.1) is 6.61 Å². The van der Waals surface area contributed by atoms with Crippen LogP contribution in [0.4, 0.5) is 0 Å². The van der Waals surface area contributed by atoms with Crippen LogP contribution in [0.3, 0.4) is 0 Å². The molecule has 1 aromatic rings. The fourth-order valence-corrected chi connectivity index (χ4v) is 1.44. The summed E-state index contributed by atoms with van der Waals surface area (Å²) in [5.74, 6) is 2.00. The number of ether oxygens (including phenoxy) is 1. The maximum absolute atomic E-state index is 5.58. The molecule has 0 aromatic heterocycles. The molecule has 0 unspecified atom stereocenters. The summed E-state index contributed by atoms with van der Waals surface area (Å²) in [6, 6.07) is 8.20. The predicted molar refractivity (Wildman–Crippen MR) is 63.1 cm³/mol. The first-order chi connectivity index (χ1) is 6.86. The molecule has 0 aliphatic carbocycles. The first-order valence-corrected chi connectivity index (χ1v) is 6.11.